The lowest BCUT2D eigenvalue weighted by Gasteiger charge is -2.11. The summed E-state index contributed by atoms with van der Waals surface area (Å²) in [5.41, 5.74) is 2.10. The molecular formula is C18H24OS5. The molecule has 2 unspecified atom stereocenters. The first-order valence-corrected chi connectivity index (χ1v) is 13.3. The third-order valence-electron chi connectivity index (χ3n) is 3.57. The number of hydrogen-bond donors (Lipinski definition) is 0. The lowest BCUT2D eigenvalue weighted by atomic mass is 10.2. The molecule has 6 heteroatoms. The highest BCUT2D eigenvalue weighted by Crippen LogP contribution is 2.50. The van der Waals surface area contributed by atoms with Gasteiger partial charge < -0.3 is 0 Å². The van der Waals surface area contributed by atoms with Crippen LogP contribution in [0.25, 0.3) is 0 Å². The van der Waals surface area contributed by atoms with E-state index in [4.69, 9.17) is 0 Å². The zero-order valence-electron chi connectivity index (χ0n) is 14.2. The zero-order chi connectivity index (χ0) is 17.4. The van der Waals surface area contributed by atoms with Gasteiger partial charge in [-0.25, -0.2) is 0 Å². The summed E-state index contributed by atoms with van der Waals surface area (Å²) in [5.74, 6) is 2.40. The van der Waals surface area contributed by atoms with Gasteiger partial charge in [-0.05, 0) is 55.0 Å². The van der Waals surface area contributed by atoms with E-state index in [1.807, 2.05) is 11.8 Å². The summed E-state index contributed by atoms with van der Waals surface area (Å²) >= 11 is 9.25. The van der Waals surface area contributed by atoms with Gasteiger partial charge in [0, 0.05) is 21.0 Å². The fourth-order valence-corrected chi connectivity index (χ4v) is 7.93. The van der Waals surface area contributed by atoms with Gasteiger partial charge in [-0.1, -0.05) is 30.5 Å². The Labute approximate surface area is 167 Å². The molecule has 1 saturated heterocycles. The maximum atomic E-state index is 11.4. The van der Waals surface area contributed by atoms with Crippen molar-refractivity contribution >= 4 is 63.9 Å². The Morgan fingerprint density at radius 1 is 1.33 bits per heavy atom. The van der Waals surface area contributed by atoms with E-state index in [1.54, 1.807) is 18.7 Å². The predicted octanol–water partition coefficient (Wildman–Crippen LogP) is 6.56. The molecule has 1 aromatic carbocycles. The van der Waals surface area contributed by atoms with Gasteiger partial charge in [-0.2, -0.15) is 11.8 Å². The molecule has 0 bridgehead atoms. The van der Waals surface area contributed by atoms with E-state index < -0.39 is 0 Å². The summed E-state index contributed by atoms with van der Waals surface area (Å²) in [6, 6.07) is 9.03. The Balaban J connectivity index is 1.60. The molecule has 0 spiro atoms. The molecule has 132 valence electrons. The van der Waals surface area contributed by atoms with Gasteiger partial charge >= 0.3 is 0 Å². The van der Waals surface area contributed by atoms with Crippen molar-refractivity contribution in [1.29, 1.82) is 0 Å². The minimum absolute atomic E-state index is 0.126. The van der Waals surface area contributed by atoms with Crippen LogP contribution in [0.2, 0.25) is 0 Å². The second-order valence-electron chi connectivity index (χ2n) is 5.58. The largest absolute Gasteiger partial charge is 0.282 e. The quantitative estimate of drug-likeness (QED) is 0.195. The van der Waals surface area contributed by atoms with Crippen molar-refractivity contribution in [2.75, 3.05) is 22.8 Å². The summed E-state index contributed by atoms with van der Waals surface area (Å²) in [5, 5.41) is 1.74. The lowest BCUT2D eigenvalue weighted by molar-refractivity contribution is -0.107. The molecule has 0 aliphatic carbocycles. The molecule has 24 heavy (non-hydrogen) atoms. The minimum Gasteiger partial charge on any atom is -0.282 e. The van der Waals surface area contributed by atoms with Crippen molar-refractivity contribution < 1.29 is 4.79 Å². The number of carbonyl (C=O) groups excluding carboxylic acids is 1. The maximum absolute atomic E-state index is 11.4. The molecule has 1 fully saturated rings. The lowest BCUT2D eigenvalue weighted by Crippen LogP contribution is -2.01. The number of thioether (sulfide) groups is 5. The second-order valence-corrected chi connectivity index (χ2v) is 11.7. The van der Waals surface area contributed by atoms with Gasteiger partial charge in [0.25, 0.3) is 0 Å². The first-order valence-electron chi connectivity index (χ1n) is 7.91. The fourth-order valence-electron chi connectivity index (χ4n) is 2.23. The summed E-state index contributed by atoms with van der Waals surface area (Å²) in [6.45, 7) is 5.46. The van der Waals surface area contributed by atoms with E-state index in [-0.39, 0.29) is 5.12 Å². The van der Waals surface area contributed by atoms with Crippen molar-refractivity contribution in [3.63, 3.8) is 0 Å². The van der Waals surface area contributed by atoms with Crippen molar-refractivity contribution in [3.8, 4) is 0 Å². The van der Waals surface area contributed by atoms with Crippen molar-refractivity contribution in [2.24, 2.45) is 0 Å². The molecular weight excluding hydrogens is 393 g/mol. The fraction of sp³-hybridized carbons (Fsp3) is 0.500. The molecule has 0 saturated carbocycles. The van der Waals surface area contributed by atoms with Crippen LogP contribution in [-0.2, 0) is 4.79 Å². The Hall–Kier alpha value is 0.380. The van der Waals surface area contributed by atoms with E-state index in [0.29, 0.717) is 10.2 Å². The van der Waals surface area contributed by atoms with Crippen LogP contribution >= 0.6 is 58.8 Å². The van der Waals surface area contributed by atoms with Crippen LogP contribution in [0.3, 0.4) is 0 Å². The molecule has 1 nitrogen and oxygen atoms in total. The van der Waals surface area contributed by atoms with E-state index in [2.05, 4.69) is 60.6 Å². The minimum atomic E-state index is 0.126. The van der Waals surface area contributed by atoms with E-state index in [9.17, 15) is 4.79 Å². The summed E-state index contributed by atoms with van der Waals surface area (Å²) in [4.78, 5) is 12.8. The zero-order valence-corrected chi connectivity index (χ0v) is 18.2. The first kappa shape index (κ1) is 20.7. The van der Waals surface area contributed by atoms with E-state index in [1.165, 1.54) is 40.8 Å². The highest BCUT2D eigenvalue weighted by Gasteiger charge is 2.26. The Morgan fingerprint density at radius 2 is 2.08 bits per heavy atom. The van der Waals surface area contributed by atoms with Crippen LogP contribution in [0.15, 0.2) is 41.3 Å². The number of rotatable bonds is 9. The molecule has 0 radical (unpaired) electrons. The highest BCUT2D eigenvalue weighted by atomic mass is 32.2. The molecule has 0 aromatic heterocycles. The van der Waals surface area contributed by atoms with E-state index >= 15 is 0 Å². The van der Waals surface area contributed by atoms with Crippen LogP contribution in [0.1, 0.15) is 29.9 Å². The van der Waals surface area contributed by atoms with Gasteiger partial charge in [0.05, 0.1) is 4.58 Å². The van der Waals surface area contributed by atoms with Crippen molar-refractivity contribution in [3.05, 3.63) is 42.0 Å². The van der Waals surface area contributed by atoms with Crippen LogP contribution in [-0.4, -0.2) is 33.2 Å². The summed E-state index contributed by atoms with van der Waals surface area (Å²) in [6.07, 6.45) is 4.64. The summed E-state index contributed by atoms with van der Waals surface area (Å²) in [7, 11) is 0. The van der Waals surface area contributed by atoms with Gasteiger partial charge in [0.1, 0.15) is 0 Å². The van der Waals surface area contributed by atoms with Gasteiger partial charge in [0.2, 0.25) is 5.12 Å². The predicted molar refractivity (Wildman–Crippen MR) is 119 cm³/mol. The van der Waals surface area contributed by atoms with Gasteiger partial charge in [-0.3, -0.25) is 4.79 Å². The normalized spacial score (nSPS) is 20.2. The van der Waals surface area contributed by atoms with Crippen molar-refractivity contribution in [2.45, 2.75) is 34.5 Å². The van der Waals surface area contributed by atoms with E-state index in [0.717, 1.165) is 16.1 Å². The first-order chi connectivity index (χ1) is 11.6. The van der Waals surface area contributed by atoms with Crippen LogP contribution in [0.5, 0.6) is 0 Å². The van der Waals surface area contributed by atoms with Crippen LogP contribution < -0.4 is 0 Å². The smallest absolute Gasteiger partial charge is 0.215 e. The molecule has 0 N–H and O–H groups in total. The number of benzene rings is 1. The maximum Gasteiger partial charge on any atom is 0.215 e. The Kier molecular flexibility index (Phi) is 9.63. The molecule has 1 aliphatic heterocycles. The molecule has 2 rings (SSSR count). The third-order valence-corrected chi connectivity index (χ3v) is 10.1. The standard InChI is InChI=1S/C18H24OS5/c1-13(2)17(19)23-12-21-10-4-5-16-11-22-18(24-16)14-6-8-15(20-3)9-7-14/h6-9,16,18H,1,4-5,10-12H2,2-3H3. The Bertz CT molecular complexity index is 543. The topological polar surface area (TPSA) is 17.1 Å². The number of hydrogen-bond acceptors (Lipinski definition) is 6. The average molecular weight is 417 g/mol. The second kappa shape index (κ2) is 11.2. The molecule has 2 atom stereocenters. The third kappa shape index (κ3) is 6.94. The Morgan fingerprint density at radius 3 is 2.75 bits per heavy atom. The summed E-state index contributed by atoms with van der Waals surface area (Å²) < 4.78 is 0.599. The highest BCUT2D eigenvalue weighted by molar-refractivity contribution is 8.24. The number of carbonyl (C=O) groups is 1. The van der Waals surface area contributed by atoms with Crippen LogP contribution in [0.4, 0.5) is 0 Å². The van der Waals surface area contributed by atoms with Crippen LogP contribution in [0, 0.1) is 0 Å². The molecule has 0 amide bonds. The van der Waals surface area contributed by atoms with Gasteiger partial charge in [0.15, 0.2) is 0 Å². The molecule has 1 heterocycles. The monoisotopic (exact) mass is 416 g/mol. The molecule has 1 aromatic rings. The molecule has 1 aliphatic rings. The van der Waals surface area contributed by atoms with Gasteiger partial charge in [-0.15, -0.1) is 35.3 Å². The SMILES string of the molecule is C=C(C)C(=O)SCSCCCC1CSC(c2ccc(SC)cc2)S1. The van der Waals surface area contributed by atoms with Crippen molar-refractivity contribution in [1.82, 2.24) is 0 Å². The average Bonchev–Trinajstić information content (AvgIpc) is 3.06.